The topological polar surface area (TPSA) is 57.7 Å². The molecule has 0 bridgehead atoms. The summed E-state index contributed by atoms with van der Waals surface area (Å²) in [5, 5.41) is -0.187. The van der Waals surface area contributed by atoms with Crippen LogP contribution in [0.5, 0.6) is 0 Å². The molecule has 9 heteroatoms. The number of nitrogens with zero attached hydrogens (tertiary/aromatic N) is 2. The highest BCUT2D eigenvalue weighted by Gasteiger charge is 2.31. The molecule has 1 aliphatic heterocycles. The monoisotopic (exact) mass is 400 g/mol. The first-order valence-corrected chi connectivity index (χ1v) is 9.61. The average molecular weight is 401 g/mol. The highest BCUT2D eigenvalue weighted by molar-refractivity contribution is 7.89. The van der Waals surface area contributed by atoms with E-state index in [2.05, 4.69) is 0 Å². The Morgan fingerprint density at radius 1 is 0.962 bits per heavy atom. The molecule has 0 aliphatic carbocycles. The molecule has 0 N–H and O–H groups in total. The second kappa shape index (κ2) is 7.30. The van der Waals surface area contributed by atoms with Crippen LogP contribution in [-0.4, -0.2) is 49.7 Å². The van der Waals surface area contributed by atoms with Crippen molar-refractivity contribution < 1.29 is 22.0 Å². The first-order valence-electron chi connectivity index (χ1n) is 7.80. The third-order valence-electron chi connectivity index (χ3n) is 4.15. The van der Waals surface area contributed by atoms with E-state index >= 15 is 0 Å². The molecule has 0 saturated carbocycles. The van der Waals surface area contributed by atoms with Crippen molar-refractivity contribution in [1.82, 2.24) is 9.21 Å². The van der Waals surface area contributed by atoms with Crippen LogP contribution in [0.3, 0.4) is 0 Å². The fourth-order valence-corrected chi connectivity index (χ4v) is 4.40. The largest absolute Gasteiger partial charge is 0.336 e. The minimum Gasteiger partial charge on any atom is -0.336 e. The van der Waals surface area contributed by atoms with Gasteiger partial charge in [-0.2, -0.15) is 4.31 Å². The van der Waals surface area contributed by atoms with Crippen LogP contribution in [0, 0.1) is 11.6 Å². The van der Waals surface area contributed by atoms with Crippen LogP contribution >= 0.6 is 11.6 Å². The maximum absolute atomic E-state index is 13.4. The van der Waals surface area contributed by atoms with Gasteiger partial charge in [-0.1, -0.05) is 29.8 Å². The molecule has 2 aromatic rings. The Kier molecular flexibility index (Phi) is 5.27. The lowest BCUT2D eigenvalue weighted by Crippen LogP contribution is -2.50. The molecule has 1 fully saturated rings. The number of carbonyl (C=O) groups excluding carboxylic acids is 1. The van der Waals surface area contributed by atoms with Crippen molar-refractivity contribution >= 4 is 27.5 Å². The van der Waals surface area contributed by atoms with Crippen molar-refractivity contribution in [2.75, 3.05) is 26.2 Å². The van der Waals surface area contributed by atoms with Crippen molar-refractivity contribution in [2.24, 2.45) is 0 Å². The zero-order chi connectivity index (χ0) is 18.9. The summed E-state index contributed by atoms with van der Waals surface area (Å²) in [4.78, 5) is 14.0. The lowest BCUT2D eigenvalue weighted by atomic mass is 10.1. The lowest BCUT2D eigenvalue weighted by Gasteiger charge is -2.34. The van der Waals surface area contributed by atoms with E-state index < -0.39 is 27.6 Å². The summed E-state index contributed by atoms with van der Waals surface area (Å²) in [5.74, 6) is -2.86. The van der Waals surface area contributed by atoms with Gasteiger partial charge in [0.25, 0.3) is 5.91 Å². The van der Waals surface area contributed by atoms with Gasteiger partial charge in [-0.3, -0.25) is 4.79 Å². The van der Waals surface area contributed by atoms with Crippen LogP contribution < -0.4 is 0 Å². The van der Waals surface area contributed by atoms with Crippen LogP contribution in [0.2, 0.25) is 5.02 Å². The standard InChI is InChI=1S/C17H15ClF2N2O3S/c18-14-11-16(20)15(19)10-13(14)17(23)21-6-8-22(9-7-21)26(24,25)12-4-2-1-3-5-12/h1-5,10-11H,6-9H2. The van der Waals surface area contributed by atoms with Gasteiger partial charge in [0, 0.05) is 26.2 Å². The fourth-order valence-electron chi connectivity index (χ4n) is 2.73. The highest BCUT2D eigenvalue weighted by atomic mass is 35.5. The Morgan fingerprint density at radius 2 is 1.54 bits per heavy atom. The van der Waals surface area contributed by atoms with E-state index in [1.807, 2.05) is 0 Å². The molecule has 1 aliphatic rings. The van der Waals surface area contributed by atoms with Crippen molar-refractivity contribution in [2.45, 2.75) is 4.90 Å². The van der Waals surface area contributed by atoms with Crippen molar-refractivity contribution in [3.63, 3.8) is 0 Å². The number of piperazine rings is 1. The molecule has 1 amide bonds. The second-order valence-electron chi connectivity index (χ2n) is 5.76. The molecule has 0 radical (unpaired) electrons. The molecule has 0 unspecified atom stereocenters. The van der Waals surface area contributed by atoms with E-state index in [9.17, 15) is 22.0 Å². The van der Waals surface area contributed by atoms with Gasteiger partial charge < -0.3 is 4.90 Å². The number of hydrogen-bond acceptors (Lipinski definition) is 3. The molecular weight excluding hydrogens is 386 g/mol. The van der Waals surface area contributed by atoms with Crippen molar-refractivity contribution in [3.05, 3.63) is 64.7 Å². The average Bonchev–Trinajstić information content (AvgIpc) is 2.65. The summed E-state index contributed by atoms with van der Waals surface area (Å²) < 4.78 is 53.0. The Hall–Kier alpha value is -2.03. The predicted molar refractivity (Wildman–Crippen MR) is 92.5 cm³/mol. The van der Waals surface area contributed by atoms with Crippen LogP contribution in [0.4, 0.5) is 8.78 Å². The van der Waals surface area contributed by atoms with Gasteiger partial charge >= 0.3 is 0 Å². The van der Waals surface area contributed by atoms with Gasteiger partial charge in [-0.15, -0.1) is 0 Å². The molecule has 138 valence electrons. The predicted octanol–water partition coefficient (Wildman–Crippen LogP) is 2.76. The van der Waals surface area contributed by atoms with Crippen LogP contribution in [0.15, 0.2) is 47.4 Å². The number of halogens is 3. The lowest BCUT2D eigenvalue weighted by molar-refractivity contribution is 0.0697. The summed E-state index contributed by atoms with van der Waals surface area (Å²) >= 11 is 5.84. The third-order valence-corrected chi connectivity index (χ3v) is 6.37. The molecule has 0 aromatic heterocycles. The maximum atomic E-state index is 13.4. The van der Waals surface area contributed by atoms with Crippen LogP contribution in [-0.2, 0) is 10.0 Å². The van der Waals surface area contributed by atoms with Gasteiger partial charge in [-0.25, -0.2) is 17.2 Å². The fraction of sp³-hybridized carbons (Fsp3) is 0.235. The SMILES string of the molecule is O=C(c1cc(F)c(F)cc1Cl)N1CCN(S(=O)(=O)c2ccccc2)CC1. The van der Waals surface area contributed by atoms with Gasteiger partial charge in [0.15, 0.2) is 11.6 Å². The Bertz CT molecular complexity index is 931. The first-order chi connectivity index (χ1) is 12.3. The molecular formula is C17H15ClF2N2O3S. The second-order valence-corrected chi connectivity index (χ2v) is 8.10. The molecule has 5 nitrogen and oxygen atoms in total. The highest BCUT2D eigenvalue weighted by Crippen LogP contribution is 2.23. The van der Waals surface area contributed by atoms with E-state index in [0.29, 0.717) is 0 Å². The van der Waals surface area contributed by atoms with Gasteiger partial charge in [0.05, 0.1) is 15.5 Å². The van der Waals surface area contributed by atoms with Gasteiger partial charge in [-0.05, 0) is 24.3 Å². The quantitative estimate of drug-likeness (QED) is 0.744. The van der Waals surface area contributed by atoms with E-state index in [-0.39, 0.29) is 41.7 Å². The minimum atomic E-state index is -3.64. The zero-order valence-corrected chi connectivity index (χ0v) is 15.1. The summed E-state index contributed by atoms with van der Waals surface area (Å²) in [6, 6.07) is 9.52. The molecule has 2 aromatic carbocycles. The minimum absolute atomic E-state index is 0.101. The zero-order valence-electron chi connectivity index (χ0n) is 13.5. The van der Waals surface area contributed by atoms with Gasteiger partial charge in [0.2, 0.25) is 10.0 Å². The summed E-state index contributed by atoms with van der Waals surface area (Å²) in [6.07, 6.45) is 0. The Labute approximate surface area is 154 Å². The number of sulfonamides is 1. The molecule has 3 rings (SSSR count). The number of benzene rings is 2. The summed E-state index contributed by atoms with van der Waals surface area (Å²) in [6.45, 7) is 0.453. The molecule has 1 heterocycles. The van der Waals surface area contributed by atoms with Crippen LogP contribution in [0.1, 0.15) is 10.4 Å². The molecule has 0 spiro atoms. The first kappa shape index (κ1) is 18.8. The van der Waals surface area contributed by atoms with E-state index in [1.54, 1.807) is 18.2 Å². The summed E-state index contributed by atoms with van der Waals surface area (Å²) in [5.41, 5.74) is -0.148. The molecule has 1 saturated heterocycles. The number of hydrogen-bond donors (Lipinski definition) is 0. The Balaban J connectivity index is 1.73. The van der Waals surface area contributed by atoms with E-state index in [0.717, 1.165) is 12.1 Å². The Morgan fingerprint density at radius 3 is 2.15 bits per heavy atom. The summed E-state index contributed by atoms with van der Waals surface area (Å²) in [7, 11) is -3.64. The molecule has 0 atom stereocenters. The van der Waals surface area contributed by atoms with E-state index in [1.165, 1.54) is 21.3 Å². The number of rotatable bonds is 3. The smallest absolute Gasteiger partial charge is 0.255 e. The maximum Gasteiger partial charge on any atom is 0.255 e. The van der Waals surface area contributed by atoms with Crippen LogP contribution in [0.25, 0.3) is 0 Å². The van der Waals surface area contributed by atoms with Crippen molar-refractivity contribution in [1.29, 1.82) is 0 Å². The van der Waals surface area contributed by atoms with Crippen molar-refractivity contribution in [3.8, 4) is 0 Å². The number of amides is 1. The van der Waals surface area contributed by atoms with Gasteiger partial charge in [0.1, 0.15) is 0 Å². The molecule has 26 heavy (non-hydrogen) atoms. The number of carbonyl (C=O) groups is 1. The third kappa shape index (κ3) is 3.58. The van der Waals surface area contributed by atoms with E-state index in [4.69, 9.17) is 11.6 Å². The normalized spacial score (nSPS) is 15.9.